The summed E-state index contributed by atoms with van der Waals surface area (Å²) in [7, 11) is 1.49. The number of esters is 1. The highest BCUT2D eigenvalue weighted by molar-refractivity contribution is 8.00. The van der Waals surface area contributed by atoms with E-state index in [0.29, 0.717) is 12.2 Å². The highest BCUT2D eigenvalue weighted by Crippen LogP contribution is 2.64. The van der Waals surface area contributed by atoms with Gasteiger partial charge in [0.2, 0.25) is 0 Å². The highest BCUT2D eigenvalue weighted by Gasteiger charge is 2.95. The number of thioether (sulfide) groups is 1. The van der Waals surface area contributed by atoms with E-state index < -0.39 is 78.6 Å². The molecule has 0 spiro atoms. The largest absolute Gasteiger partial charge is 0.497 e. The molecule has 0 aromatic heterocycles. The first kappa shape index (κ1) is 44.0. The molecule has 2 aromatic carbocycles. The molecule has 0 saturated carbocycles. The van der Waals surface area contributed by atoms with Crippen molar-refractivity contribution in [2.45, 2.75) is 103 Å². The fraction of sp³-hybridized carbons (Fsp3) is 0.567. The van der Waals surface area contributed by atoms with Gasteiger partial charge >= 0.3 is 53.6 Å². The summed E-state index contributed by atoms with van der Waals surface area (Å²) in [6.07, 6.45) is -10.5. The molecule has 51 heavy (non-hydrogen) atoms. The molecular formula is C30H27F17O3S. The minimum Gasteiger partial charge on any atom is -0.497 e. The van der Waals surface area contributed by atoms with Crippen LogP contribution in [0.2, 0.25) is 0 Å². The average Bonchev–Trinajstić information content (AvgIpc) is 3.02. The summed E-state index contributed by atoms with van der Waals surface area (Å²) in [5, 5.41) is -0.200. The van der Waals surface area contributed by atoms with Gasteiger partial charge in [-0.1, -0.05) is 37.6 Å². The van der Waals surface area contributed by atoms with Gasteiger partial charge in [0.1, 0.15) is 12.4 Å². The van der Waals surface area contributed by atoms with Gasteiger partial charge in [0.05, 0.1) is 13.5 Å². The first-order valence-corrected chi connectivity index (χ1v) is 15.2. The van der Waals surface area contributed by atoms with Crippen molar-refractivity contribution in [2.24, 2.45) is 0 Å². The molecule has 0 aliphatic rings. The molecule has 0 heterocycles. The van der Waals surface area contributed by atoms with Crippen LogP contribution in [0.15, 0.2) is 53.4 Å². The van der Waals surface area contributed by atoms with Gasteiger partial charge in [0, 0.05) is 16.6 Å². The van der Waals surface area contributed by atoms with E-state index in [4.69, 9.17) is 9.47 Å². The molecule has 0 saturated heterocycles. The van der Waals surface area contributed by atoms with Crippen molar-refractivity contribution in [3.05, 3.63) is 59.7 Å². The Balaban J connectivity index is 2.11. The third-order valence-electron chi connectivity index (χ3n) is 7.30. The Morgan fingerprint density at radius 1 is 0.647 bits per heavy atom. The average molecular weight is 791 g/mol. The zero-order chi connectivity index (χ0) is 39.5. The van der Waals surface area contributed by atoms with Gasteiger partial charge in [-0.05, 0) is 48.2 Å². The molecule has 3 nitrogen and oxygen atoms in total. The molecule has 2 aromatic rings. The second-order valence-electron chi connectivity index (χ2n) is 11.0. The number of ether oxygens (including phenoxy) is 2. The van der Waals surface area contributed by atoms with E-state index in [-0.39, 0.29) is 17.2 Å². The molecule has 0 radical (unpaired) electrons. The van der Waals surface area contributed by atoms with Crippen LogP contribution in [0, 0.1) is 0 Å². The standard InChI is InChI=1S/C30H27F17O3S/c1-3-4-21(51-20-11-9-19(49-2)10-12-20)15-22(48)50-16-18-7-5-17(6-8-18)13-14-23(31,32)24(33,34)25(35,36)26(37,38)27(39,40)28(41,42)29(43,44)30(45,46)47/h5-12,21H,3-4,13-16H2,1-2H3. The molecule has 0 bridgehead atoms. The van der Waals surface area contributed by atoms with Crippen LogP contribution in [0.25, 0.3) is 0 Å². The summed E-state index contributed by atoms with van der Waals surface area (Å²) in [5.74, 6) is -56.5. The number of alkyl halides is 17. The summed E-state index contributed by atoms with van der Waals surface area (Å²) in [6, 6.07) is 11.0. The van der Waals surface area contributed by atoms with Crippen molar-refractivity contribution in [1.82, 2.24) is 0 Å². The first-order chi connectivity index (χ1) is 23.0. The van der Waals surface area contributed by atoms with Crippen molar-refractivity contribution in [1.29, 1.82) is 0 Å². The molecule has 21 heteroatoms. The van der Waals surface area contributed by atoms with E-state index in [1.54, 1.807) is 24.3 Å². The number of hydrogen-bond donors (Lipinski definition) is 0. The number of halogens is 17. The number of benzene rings is 2. The number of methoxy groups -OCH3 is 1. The molecule has 0 N–H and O–H groups in total. The van der Waals surface area contributed by atoms with Crippen molar-refractivity contribution >= 4 is 17.7 Å². The van der Waals surface area contributed by atoms with Crippen molar-refractivity contribution in [2.75, 3.05) is 7.11 Å². The van der Waals surface area contributed by atoms with Crippen LogP contribution in [0.3, 0.4) is 0 Å². The van der Waals surface area contributed by atoms with Crippen LogP contribution in [0.5, 0.6) is 5.75 Å². The molecule has 290 valence electrons. The Morgan fingerprint density at radius 3 is 1.55 bits per heavy atom. The number of aryl methyl sites for hydroxylation is 1. The maximum absolute atomic E-state index is 14.3. The minimum absolute atomic E-state index is 0.0378. The van der Waals surface area contributed by atoms with Crippen LogP contribution >= 0.6 is 11.8 Å². The van der Waals surface area contributed by atoms with Crippen LogP contribution in [0.1, 0.15) is 43.7 Å². The Labute approximate surface area is 282 Å². The van der Waals surface area contributed by atoms with Gasteiger partial charge in [-0.15, -0.1) is 11.8 Å². The molecule has 0 fully saturated rings. The normalized spacial score (nSPS) is 14.7. The summed E-state index contributed by atoms with van der Waals surface area (Å²) in [6.45, 7) is 1.49. The monoisotopic (exact) mass is 790 g/mol. The van der Waals surface area contributed by atoms with Gasteiger partial charge in [0.25, 0.3) is 0 Å². The van der Waals surface area contributed by atoms with Crippen molar-refractivity contribution in [3.8, 4) is 5.75 Å². The summed E-state index contributed by atoms with van der Waals surface area (Å²) >= 11 is 1.40. The zero-order valence-electron chi connectivity index (χ0n) is 26.0. The number of hydrogen-bond acceptors (Lipinski definition) is 4. The van der Waals surface area contributed by atoms with Gasteiger partial charge in [-0.2, -0.15) is 74.6 Å². The predicted octanol–water partition coefficient (Wildman–Crippen LogP) is 11.0. The Hall–Kier alpha value is -3.13. The zero-order valence-corrected chi connectivity index (χ0v) is 26.8. The second kappa shape index (κ2) is 15.5. The molecular weight excluding hydrogens is 763 g/mol. The van der Waals surface area contributed by atoms with Crippen LogP contribution in [-0.4, -0.2) is 66.0 Å². The molecule has 0 aliphatic heterocycles. The van der Waals surface area contributed by atoms with Crippen molar-refractivity contribution in [3.63, 3.8) is 0 Å². The fourth-order valence-electron chi connectivity index (χ4n) is 4.24. The lowest BCUT2D eigenvalue weighted by Crippen LogP contribution is -2.74. The number of rotatable bonds is 18. The van der Waals surface area contributed by atoms with Crippen LogP contribution in [0.4, 0.5) is 74.6 Å². The Kier molecular flexibility index (Phi) is 13.3. The van der Waals surface area contributed by atoms with Gasteiger partial charge in [-0.3, -0.25) is 4.79 Å². The van der Waals surface area contributed by atoms with Crippen molar-refractivity contribution < 1.29 is 88.9 Å². The summed E-state index contributed by atoms with van der Waals surface area (Å²) in [5.41, 5.74) is -0.222. The van der Waals surface area contributed by atoms with E-state index in [0.717, 1.165) is 35.6 Å². The maximum atomic E-state index is 14.3. The number of carbonyl (C=O) groups is 1. The lowest BCUT2D eigenvalue weighted by molar-refractivity contribution is -0.461. The molecule has 1 unspecified atom stereocenters. The third-order valence-corrected chi connectivity index (χ3v) is 8.58. The molecule has 2 rings (SSSR count). The predicted molar refractivity (Wildman–Crippen MR) is 147 cm³/mol. The van der Waals surface area contributed by atoms with E-state index >= 15 is 0 Å². The maximum Gasteiger partial charge on any atom is 0.460 e. The van der Waals surface area contributed by atoms with Gasteiger partial charge in [-0.25, -0.2) is 0 Å². The summed E-state index contributed by atoms with van der Waals surface area (Å²) < 4.78 is 239. The fourth-order valence-corrected chi connectivity index (χ4v) is 5.49. The second-order valence-corrected chi connectivity index (χ2v) is 12.4. The third kappa shape index (κ3) is 8.75. The Bertz CT molecular complexity index is 1440. The minimum atomic E-state index is -8.66. The van der Waals surface area contributed by atoms with E-state index in [1.807, 2.05) is 6.92 Å². The SMILES string of the molecule is CCCC(CC(=O)OCc1ccc(CCC(F)(F)C(F)(F)C(F)(F)C(F)(F)C(F)(F)C(F)(F)C(F)(F)C(F)(F)F)cc1)Sc1ccc(OC)cc1. The Morgan fingerprint density at radius 2 is 1.10 bits per heavy atom. The first-order valence-electron chi connectivity index (χ1n) is 14.3. The molecule has 1 atom stereocenters. The van der Waals surface area contributed by atoms with Crippen LogP contribution in [-0.2, 0) is 22.6 Å². The molecule has 0 amide bonds. The van der Waals surface area contributed by atoms with Crippen LogP contribution < -0.4 is 4.74 Å². The van der Waals surface area contributed by atoms with E-state index in [2.05, 4.69) is 0 Å². The quantitative estimate of drug-likeness (QED) is 0.0856. The van der Waals surface area contributed by atoms with E-state index in [1.165, 1.54) is 18.9 Å². The summed E-state index contributed by atoms with van der Waals surface area (Å²) in [4.78, 5) is 13.3. The number of carbonyl (C=O) groups excluding carboxylic acids is 1. The lowest BCUT2D eigenvalue weighted by Gasteiger charge is -2.42. The highest BCUT2D eigenvalue weighted by atomic mass is 32.2. The van der Waals surface area contributed by atoms with Gasteiger partial charge in [0.15, 0.2) is 0 Å². The smallest absolute Gasteiger partial charge is 0.460 e. The van der Waals surface area contributed by atoms with Gasteiger partial charge < -0.3 is 9.47 Å². The molecule has 0 aliphatic carbocycles. The van der Waals surface area contributed by atoms with E-state index in [9.17, 15) is 79.4 Å². The topological polar surface area (TPSA) is 35.5 Å². The lowest BCUT2D eigenvalue weighted by atomic mass is 9.87.